The van der Waals surface area contributed by atoms with Gasteiger partial charge in [-0.3, -0.25) is 14.3 Å². The van der Waals surface area contributed by atoms with E-state index in [1.807, 2.05) is 0 Å². The highest BCUT2D eigenvalue weighted by atomic mass is 32.2. The number of anilines is 2. The van der Waals surface area contributed by atoms with E-state index in [2.05, 4.69) is 10.0 Å². The topological polar surface area (TPSA) is 95.6 Å². The fourth-order valence-electron chi connectivity index (χ4n) is 3.62. The molecule has 0 spiro atoms. The van der Waals surface area contributed by atoms with Gasteiger partial charge < -0.3 is 10.2 Å². The van der Waals surface area contributed by atoms with E-state index in [-0.39, 0.29) is 28.8 Å². The van der Waals surface area contributed by atoms with Crippen LogP contribution in [0.25, 0.3) is 0 Å². The van der Waals surface area contributed by atoms with E-state index in [1.54, 1.807) is 11.0 Å². The van der Waals surface area contributed by atoms with E-state index < -0.39 is 21.8 Å². The zero-order chi connectivity index (χ0) is 22.0. The van der Waals surface area contributed by atoms with Crippen LogP contribution in [0.3, 0.4) is 0 Å². The van der Waals surface area contributed by atoms with Crippen molar-refractivity contribution in [3.63, 3.8) is 0 Å². The average molecular weight is 464 g/mol. The Balaban J connectivity index is 1.49. The van der Waals surface area contributed by atoms with Gasteiger partial charge in [-0.15, -0.1) is 11.8 Å². The van der Waals surface area contributed by atoms with Crippen LogP contribution >= 0.6 is 11.8 Å². The highest BCUT2D eigenvalue weighted by Crippen LogP contribution is 2.35. The van der Waals surface area contributed by atoms with Crippen LogP contribution in [0.1, 0.15) is 19.3 Å². The Kier molecular flexibility index (Phi) is 6.19. The molecule has 1 atom stereocenters. The number of rotatable bonds is 5. The number of nitrogens with zero attached hydrogens (tertiary/aromatic N) is 1. The lowest BCUT2D eigenvalue weighted by Crippen LogP contribution is -2.33. The summed E-state index contributed by atoms with van der Waals surface area (Å²) in [6.45, 7) is 1.47. The second-order valence-electron chi connectivity index (χ2n) is 7.56. The molecule has 1 saturated heterocycles. The second-order valence-corrected chi connectivity index (χ2v) is 10.3. The molecule has 7 nitrogen and oxygen atoms in total. The number of halogens is 1. The summed E-state index contributed by atoms with van der Waals surface area (Å²) in [5.74, 6) is -0.930. The average Bonchev–Trinajstić information content (AvgIpc) is 3.21. The summed E-state index contributed by atoms with van der Waals surface area (Å²) < 4.78 is 41.1. The molecule has 0 saturated carbocycles. The number of thioether (sulfide) groups is 1. The van der Waals surface area contributed by atoms with Gasteiger partial charge in [0.25, 0.3) is 10.0 Å². The predicted octanol–water partition coefficient (Wildman–Crippen LogP) is 3.30. The van der Waals surface area contributed by atoms with E-state index in [4.69, 9.17) is 0 Å². The summed E-state index contributed by atoms with van der Waals surface area (Å²) in [5, 5.41) is 2.77. The number of carbonyl (C=O) groups is 2. The first-order valence-electron chi connectivity index (χ1n) is 9.96. The molecule has 0 unspecified atom stereocenters. The molecule has 0 radical (unpaired) electrons. The van der Waals surface area contributed by atoms with Crippen LogP contribution in [-0.2, 0) is 19.6 Å². The van der Waals surface area contributed by atoms with Crippen LogP contribution in [0.2, 0.25) is 0 Å². The first-order chi connectivity index (χ1) is 14.8. The third kappa shape index (κ3) is 5.01. The van der Waals surface area contributed by atoms with E-state index in [9.17, 15) is 22.4 Å². The SMILES string of the molecule is O=C1Nc2cc(S(=O)(=O)Nc3cccc(F)c3)ccc2SC[C@@H]1CC(=O)N1CCCC1. The largest absolute Gasteiger partial charge is 0.343 e. The smallest absolute Gasteiger partial charge is 0.261 e. The van der Waals surface area contributed by atoms with E-state index >= 15 is 0 Å². The molecule has 4 rings (SSSR count). The minimum Gasteiger partial charge on any atom is -0.343 e. The highest BCUT2D eigenvalue weighted by molar-refractivity contribution is 7.99. The summed E-state index contributed by atoms with van der Waals surface area (Å²) in [7, 11) is -3.97. The van der Waals surface area contributed by atoms with Gasteiger partial charge >= 0.3 is 0 Å². The number of sulfonamides is 1. The van der Waals surface area contributed by atoms with Gasteiger partial charge in [0.1, 0.15) is 5.82 Å². The molecular formula is C21H22FN3O4S2. The molecule has 0 bridgehead atoms. The Labute approximate surface area is 184 Å². The van der Waals surface area contributed by atoms with Gasteiger partial charge in [-0.05, 0) is 49.2 Å². The summed E-state index contributed by atoms with van der Waals surface area (Å²) in [6.07, 6.45) is 2.12. The van der Waals surface area contributed by atoms with E-state index in [0.29, 0.717) is 11.4 Å². The first kappa shape index (κ1) is 21.6. The van der Waals surface area contributed by atoms with Crippen molar-refractivity contribution in [3.05, 3.63) is 48.3 Å². The highest BCUT2D eigenvalue weighted by Gasteiger charge is 2.30. The number of nitrogens with one attached hydrogen (secondary N) is 2. The van der Waals surface area contributed by atoms with Crippen molar-refractivity contribution < 1.29 is 22.4 Å². The summed E-state index contributed by atoms with van der Waals surface area (Å²) in [5.41, 5.74) is 0.488. The van der Waals surface area contributed by atoms with Crippen LogP contribution in [0.15, 0.2) is 52.3 Å². The molecule has 2 aromatic rings. The van der Waals surface area contributed by atoms with E-state index in [0.717, 1.165) is 36.9 Å². The fourth-order valence-corrected chi connectivity index (χ4v) is 5.78. The number of likely N-dealkylation sites (tertiary alicyclic amines) is 1. The van der Waals surface area contributed by atoms with Crippen molar-refractivity contribution in [2.24, 2.45) is 5.92 Å². The number of amides is 2. The molecule has 2 amide bonds. The van der Waals surface area contributed by atoms with Gasteiger partial charge in [-0.2, -0.15) is 0 Å². The minimum absolute atomic E-state index is 0.0215. The van der Waals surface area contributed by atoms with Crippen molar-refractivity contribution in [2.45, 2.75) is 29.1 Å². The third-order valence-electron chi connectivity index (χ3n) is 5.29. The maximum absolute atomic E-state index is 13.4. The van der Waals surface area contributed by atoms with Crippen LogP contribution < -0.4 is 10.0 Å². The summed E-state index contributed by atoms with van der Waals surface area (Å²) in [4.78, 5) is 27.6. The Morgan fingerprint density at radius 3 is 2.71 bits per heavy atom. The zero-order valence-electron chi connectivity index (χ0n) is 16.6. The molecule has 31 heavy (non-hydrogen) atoms. The number of benzene rings is 2. The van der Waals surface area contributed by atoms with Gasteiger partial charge in [0.2, 0.25) is 11.8 Å². The lowest BCUT2D eigenvalue weighted by atomic mass is 10.1. The van der Waals surface area contributed by atoms with Crippen molar-refractivity contribution >= 4 is 45.0 Å². The van der Waals surface area contributed by atoms with Gasteiger partial charge in [-0.25, -0.2) is 12.8 Å². The summed E-state index contributed by atoms with van der Waals surface area (Å²) >= 11 is 1.41. The maximum atomic E-state index is 13.4. The Morgan fingerprint density at radius 2 is 1.97 bits per heavy atom. The predicted molar refractivity (Wildman–Crippen MR) is 117 cm³/mol. The van der Waals surface area contributed by atoms with Crippen LogP contribution in [0.5, 0.6) is 0 Å². The molecule has 10 heteroatoms. The lowest BCUT2D eigenvalue weighted by molar-refractivity contribution is -0.133. The number of hydrogen-bond donors (Lipinski definition) is 2. The van der Waals surface area contributed by atoms with Gasteiger partial charge in [-0.1, -0.05) is 6.07 Å². The number of hydrogen-bond acceptors (Lipinski definition) is 5. The summed E-state index contributed by atoms with van der Waals surface area (Å²) in [6, 6.07) is 9.61. The second kappa shape index (κ2) is 8.88. The molecule has 2 heterocycles. The molecule has 2 N–H and O–H groups in total. The number of carbonyl (C=O) groups excluding carboxylic acids is 2. The monoisotopic (exact) mass is 463 g/mol. The first-order valence-corrected chi connectivity index (χ1v) is 12.4. The Bertz CT molecular complexity index is 1120. The third-order valence-corrected chi connectivity index (χ3v) is 7.90. The molecule has 0 aliphatic carbocycles. The molecule has 164 valence electrons. The van der Waals surface area contributed by atoms with Gasteiger partial charge in [0.15, 0.2) is 0 Å². The Morgan fingerprint density at radius 1 is 1.19 bits per heavy atom. The van der Waals surface area contributed by atoms with Crippen molar-refractivity contribution in [2.75, 3.05) is 28.9 Å². The van der Waals surface area contributed by atoms with Crippen molar-refractivity contribution in [3.8, 4) is 0 Å². The molecule has 1 fully saturated rings. The Hall–Kier alpha value is -2.59. The quantitative estimate of drug-likeness (QED) is 0.710. The van der Waals surface area contributed by atoms with Crippen LogP contribution in [-0.4, -0.2) is 44.0 Å². The lowest BCUT2D eigenvalue weighted by Gasteiger charge is -2.18. The van der Waals surface area contributed by atoms with Crippen LogP contribution in [0.4, 0.5) is 15.8 Å². The van der Waals surface area contributed by atoms with E-state index in [1.165, 1.54) is 42.1 Å². The maximum Gasteiger partial charge on any atom is 0.261 e. The standard InChI is InChI=1S/C21H22FN3O4S2/c22-15-4-3-5-16(11-15)24-31(28,29)17-6-7-19-18(12-17)23-21(27)14(13-30-19)10-20(26)25-8-1-2-9-25/h3-7,11-12,14,24H,1-2,8-10,13H2,(H,23,27)/t14-/m0/s1. The molecule has 2 aliphatic heterocycles. The van der Waals surface area contributed by atoms with Crippen molar-refractivity contribution in [1.82, 2.24) is 4.90 Å². The van der Waals surface area contributed by atoms with Crippen LogP contribution in [0, 0.1) is 11.7 Å². The minimum atomic E-state index is -3.97. The molecule has 2 aliphatic rings. The number of fused-ring (bicyclic) bond motifs is 1. The zero-order valence-corrected chi connectivity index (χ0v) is 18.3. The molecular weight excluding hydrogens is 441 g/mol. The fraction of sp³-hybridized carbons (Fsp3) is 0.333. The molecule has 2 aromatic carbocycles. The molecule has 0 aromatic heterocycles. The van der Waals surface area contributed by atoms with Crippen molar-refractivity contribution in [1.29, 1.82) is 0 Å². The normalized spacial score (nSPS) is 18.8. The van der Waals surface area contributed by atoms with Gasteiger partial charge in [0.05, 0.1) is 22.2 Å². The van der Waals surface area contributed by atoms with Gasteiger partial charge in [0, 0.05) is 30.2 Å².